The van der Waals surface area contributed by atoms with Crippen molar-refractivity contribution in [1.29, 1.82) is 0 Å². The summed E-state index contributed by atoms with van der Waals surface area (Å²) < 4.78 is 6.12. The third-order valence-corrected chi connectivity index (χ3v) is 6.64. The summed E-state index contributed by atoms with van der Waals surface area (Å²) in [7, 11) is 0. The second-order valence-electron chi connectivity index (χ2n) is 10.0. The molecule has 2 aromatic heterocycles. The number of imidazole rings is 1. The van der Waals surface area contributed by atoms with Crippen LogP contribution in [0.3, 0.4) is 0 Å². The molecule has 0 saturated carbocycles. The number of carbonyl (C=O) groups is 2. The van der Waals surface area contributed by atoms with Gasteiger partial charge in [0.2, 0.25) is 0 Å². The van der Waals surface area contributed by atoms with Gasteiger partial charge in [-0.25, -0.2) is 4.98 Å². The Bertz CT molecular complexity index is 1220. The number of piperidine rings is 1. The van der Waals surface area contributed by atoms with Crippen LogP contribution >= 0.6 is 0 Å². The fraction of sp³-hybridized carbons (Fsp3) is 0.480. The lowest BCUT2D eigenvalue weighted by molar-refractivity contribution is 0.0909. The SMILES string of the molecule is Cc1c(C(=O)NCc2nc3ccc(OC4CCNCC4)cc3[nH]2)[nH]c2c1C(=O)CC(C)(C)C2. The Hall–Kier alpha value is -3.13. The third-order valence-electron chi connectivity index (χ3n) is 6.64. The predicted molar refractivity (Wildman–Crippen MR) is 126 cm³/mol. The van der Waals surface area contributed by atoms with Crippen molar-refractivity contribution in [3.05, 3.63) is 46.5 Å². The number of rotatable bonds is 5. The Kier molecular flexibility index (Phi) is 5.48. The van der Waals surface area contributed by atoms with Crippen LogP contribution < -0.4 is 15.4 Å². The first-order valence-corrected chi connectivity index (χ1v) is 11.7. The standard InChI is InChI=1S/C25H31N5O3/c1-14-22-19(11-25(2,3)12-20(22)31)30-23(14)24(32)27-13-21-28-17-5-4-16(10-18(17)29-21)33-15-6-8-26-9-7-15/h4-5,10,15,26,30H,6-9,11-13H2,1-3H3,(H,27,32)(H,28,29). The third kappa shape index (κ3) is 4.39. The number of aromatic amines is 2. The fourth-order valence-electron chi connectivity index (χ4n) is 5.02. The summed E-state index contributed by atoms with van der Waals surface area (Å²) in [6.45, 7) is 8.22. The summed E-state index contributed by atoms with van der Waals surface area (Å²) >= 11 is 0. The number of aromatic nitrogens is 3. The summed E-state index contributed by atoms with van der Waals surface area (Å²) in [6.07, 6.45) is 3.50. The highest BCUT2D eigenvalue weighted by atomic mass is 16.5. The van der Waals surface area contributed by atoms with Crippen LogP contribution in [0.15, 0.2) is 18.2 Å². The van der Waals surface area contributed by atoms with Gasteiger partial charge in [0, 0.05) is 23.7 Å². The lowest BCUT2D eigenvalue weighted by Gasteiger charge is -2.28. The van der Waals surface area contributed by atoms with Crippen LogP contribution in [0.25, 0.3) is 11.0 Å². The number of nitrogens with zero attached hydrogens (tertiary/aromatic N) is 1. The van der Waals surface area contributed by atoms with Gasteiger partial charge in [0.05, 0.1) is 17.6 Å². The van der Waals surface area contributed by atoms with Crippen LogP contribution in [0.2, 0.25) is 0 Å². The molecule has 1 aliphatic carbocycles. The van der Waals surface area contributed by atoms with Crippen LogP contribution in [0.5, 0.6) is 5.75 Å². The van der Waals surface area contributed by atoms with Crippen LogP contribution in [-0.4, -0.2) is 45.8 Å². The molecule has 3 aromatic rings. The van der Waals surface area contributed by atoms with E-state index in [1.165, 1.54) is 0 Å². The molecule has 174 valence electrons. The van der Waals surface area contributed by atoms with Crippen LogP contribution in [0.4, 0.5) is 0 Å². The summed E-state index contributed by atoms with van der Waals surface area (Å²) in [6, 6.07) is 5.84. The van der Waals surface area contributed by atoms with Gasteiger partial charge in [0.1, 0.15) is 23.4 Å². The first kappa shape index (κ1) is 21.7. The zero-order valence-electron chi connectivity index (χ0n) is 19.4. The van der Waals surface area contributed by atoms with Gasteiger partial charge >= 0.3 is 0 Å². The van der Waals surface area contributed by atoms with E-state index in [2.05, 4.69) is 39.4 Å². The van der Waals surface area contributed by atoms with Gasteiger partial charge < -0.3 is 25.3 Å². The van der Waals surface area contributed by atoms with Crippen molar-refractivity contribution in [2.24, 2.45) is 5.41 Å². The molecule has 8 heteroatoms. The van der Waals surface area contributed by atoms with Crippen molar-refractivity contribution >= 4 is 22.7 Å². The predicted octanol–water partition coefficient (Wildman–Crippen LogP) is 3.42. The number of nitrogens with one attached hydrogen (secondary N) is 4. The normalized spacial score (nSPS) is 18.3. The number of H-pyrrole nitrogens is 2. The topological polar surface area (TPSA) is 112 Å². The molecule has 0 atom stereocenters. The van der Waals surface area contributed by atoms with Crippen molar-refractivity contribution < 1.29 is 14.3 Å². The van der Waals surface area contributed by atoms with E-state index in [1.54, 1.807) is 0 Å². The zero-order chi connectivity index (χ0) is 23.2. The Morgan fingerprint density at radius 3 is 2.79 bits per heavy atom. The lowest BCUT2D eigenvalue weighted by atomic mass is 9.75. The number of ether oxygens (including phenoxy) is 1. The van der Waals surface area contributed by atoms with E-state index in [0.717, 1.165) is 60.4 Å². The molecular formula is C25H31N5O3. The molecule has 0 unspecified atom stereocenters. The Morgan fingerprint density at radius 1 is 1.21 bits per heavy atom. The molecule has 1 fully saturated rings. The van der Waals surface area contributed by atoms with E-state index in [1.807, 2.05) is 25.1 Å². The zero-order valence-corrected chi connectivity index (χ0v) is 19.4. The van der Waals surface area contributed by atoms with Gasteiger partial charge in [-0.1, -0.05) is 13.8 Å². The number of ketones is 1. The number of benzene rings is 1. The quantitative estimate of drug-likeness (QED) is 0.477. The average Bonchev–Trinajstić information content (AvgIpc) is 3.32. The van der Waals surface area contributed by atoms with E-state index in [0.29, 0.717) is 23.5 Å². The van der Waals surface area contributed by atoms with Gasteiger partial charge in [0.25, 0.3) is 5.91 Å². The Balaban J connectivity index is 1.27. The van der Waals surface area contributed by atoms with Crippen LogP contribution in [0, 0.1) is 12.3 Å². The van der Waals surface area contributed by atoms with Crippen molar-refractivity contribution in [2.75, 3.05) is 13.1 Å². The first-order chi connectivity index (χ1) is 15.8. The van der Waals surface area contributed by atoms with Gasteiger partial charge in [0.15, 0.2) is 5.78 Å². The summed E-state index contributed by atoms with van der Waals surface area (Å²) in [4.78, 5) is 36.6. The highest BCUT2D eigenvalue weighted by molar-refractivity contribution is 6.04. The monoisotopic (exact) mass is 449 g/mol. The number of fused-ring (bicyclic) bond motifs is 2. The minimum atomic E-state index is -0.233. The van der Waals surface area contributed by atoms with Crippen molar-refractivity contribution in [2.45, 2.75) is 59.1 Å². The van der Waals surface area contributed by atoms with E-state index >= 15 is 0 Å². The number of hydrogen-bond acceptors (Lipinski definition) is 5. The van der Waals surface area contributed by atoms with Crippen molar-refractivity contribution in [3.63, 3.8) is 0 Å². The molecule has 3 heterocycles. The molecule has 0 radical (unpaired) electrons. The molecule has 1 aliphatic heterocycles. The number of amides is 1. The molecule has 4 N–H and O–H groups in total. The summed E-state index contributed by atoms with van der Waals surface area (Å²) in [5.74, 6) is 1.37. The summed E-state index contributed by atoms with van der Waals surface area (Å²) in [5.41, 5.74) is 4.35. The largest absolute Gasteiger partial charge is 0.490 e. The number of Topliss-reactive ketones (excluding diaryl/α,β-unsaturated/α-hetero) is 1. The lowest BCUT2D eigenvalue weighted by Crippen LogP contribution is -2.34. The second-order valence-corrected chi connectivity index (χ2v) is 10.0. The molecule has 33 heavy (non-hydrogen) atoms. The van der Waals surface area contributed by atoms with Gasteiger partial charge in [-0.05, 0) is 62.4 Å². The maximum atomic E-state index is 12.9. The Labute approximate surface area is 192 Å². The molecule has 1 amide bonds. The van der Waals surface area contributed by atoms with Gasteiger partial charge in [-0.15, -0.1) is 0 Å². The van der Waals surface area contributed by atoms with Crippen molar-refractivity contribution in [3.8, 4) is 5.75 Å². The van der Waals surface area contributed by atoms with E-state index in [-0.39, 0.29) is 29.8 Å². The minimum Gasteiger partial charge on any atom is -0.490 e. The highest BCUT2D eigenvalue weighted by Gasteiger charge is 2.35. The van der Waals surface area contributed by atoms with E-state index < -0.39 is 0 Å². The van der Waals surface area contributed by atoms with Gasteiger partial charge in [-0.3, -0.25) is 9.59 Å². The Morgan fingerprint density at radius 2 is 2.00 bits per heavy atom. The second kappa shape index (κ2) is 8.33. The smallest absolute Gasteiger partial charge is 0.268 e. The highest BCUT2D eigenvalue weighted by Crippen LogP contribution is 2.36. The van der Waals surface area contributed by atoms with Gasteiger partial charge in [-0.2, -0.15) is 0 Å². The number of hydrogen-bond donors (Lipinski definition) is 4. The fourth-order valence-corrected chi connectivity index (χ4v) is 5.02. The number of carbonyl (C=O) groups excluding carboxylic acids is 2. The van der Waals surface area contributed by atoms with Crippen molar-refractivity contribution in [1.82, 2.24) is 25.6 Å². The van der Waals surface area contributed by atoms with Crippen LogP contribution in [-0.2, 0) is 13.0 Å². The van der Waals surface area contributed by atoms with Crippen LogP contribution in [0.1, 0.15) is 71.0 Å². The summed E-state index contributed by atoms with van der Waals surface area (Å²) in [5, 5.41) is 6.27. The molecule has 0 bridgehead atoms. The molecule has 8 nitrogen and oxygen atoms in total. The maximum Gasteiger partial charge on any atom is 0.268 e. The molecule has 5 rings (SSSR count). The first-order valence-electron chi connectivity index (χ1n) is 11.7. The molecule has 1 saturated heterocycles. The van der Waals surface area contributed by atoms with E-state index in [4.69, 9.17) is 4.74 Å². The maximum absolute atomic E-state index is 12.9. The molecule has 2 aliphatic rings. The average molecular weight is 450 g/mol. The minimum absolute atomic E-state index is 0.0974. The molecular weight excluding hydrogens is 418 g/mol. The molecule has 1 aromatic carbocycles. The van der Waals surface area contributed by atoms with E-state index in [9.17, 15) is 9.59 Å². The molecule has 0 spiro atoms.